The van der Waals surface area contributed by atoms with E-state index in [9.17, 15) is 0 Å². The average molecular weight is 350 g/mol. The Morgan fingerprint density at radius 3 is 3.00 bits per heavy atom. The van der Waals surface area contributed by atoms with Crippen LogP contribution in [0.2, 0.25) is 0 Å². The fourth-order valence-electron chi connectivity index (χ4n) is 3.23. The quantitative estimate of drug-likeness (QED) is 0.621. The molecule has 6 nitrogen and oxygen atoms in total. The number of benzene rings is 1. The number of morpholine rings is 1. The Hall–Kier alpha value is -1.44. The van der Waals surface area contributed by atoms with Crippen LogP contribution in [0.4, 0.5) is 5.69 Å². The molecule has 1 unspecified atom stereocenters. The van der Waals surface area contributed by atoms with Crippen LogP contribution < -0.4 is 15.8 Å². The van der Waals surface area contributed by atoms with Gasteiger partial charge in [-0.3, -0.25) is 9.89 Å². The molecule has 0 saturated carbocycles. The average Bonchev–Trinajstić information content (AvgIpc) is 3.11. The minimum atomic E-state index is 0.120. The standard InChI is InChI=1S/C17H26N4O2S/c1-22-15-4-2-3-14(11-15)20-16(18)19-12-17(5-10-24-13-17)21-6-8-23-9-7-21/h2-4,11H,5-10,12-13H2,1H3,(H3,18,19,20). The number of hydrogen-bond donors (Lipinski definition) is 2. The number of nitrogens with one attached hydrogen (secondary N) is 1. The zero-order chi connectivity index (χ0) is 16.8. The van der Waals surface area contributed by atoms with Gasteiger partial charge in [-0.15, -0.1) is 0 Å². The fraction of sp³-hybridized carbons (Fsp3) is 0.588. The molecule has 3 N–H and O–H groups in total. The molecular weight excluding hydrogens is 324 g/mol. The summed E-state index contributed by atoms with van der Waals surface area (Å²) in [6.45, 7) is 4.32. The van der Waals surface area contributed by atoms with Crippen molar-refractivity contribution >= 4 is 23.4 Å². The van der Waals surface area contributed by atoms with E-state index in [1.54, 1.807) is 7.11 Å². The lowest BCUT2D eigenvalue weighted by atomic mass is 9.96. The molecular formula is C17H26N4O2S. The molecule has 2 aliphatic rings. The van der Waals surface area contributed by atoms with E-state index < -0.39 is 0 Å². The second kappa shape index (κ2) is 8.09. The zero-order valence-corrected chi connectivity index (χ0v) is 15.0. The smallest absolute Gasteiger partial charge is 0.193 e. The lowest BCUT2D eigenvalue weighted by Crippen LogP contribution is -2.56. The Morgan fingerprint density at radius 1 is 1.46 bits per heavy atom. The molecule has 0 spiro atoms. The largest absolute Gasteiger partial charge is 0.497 e. The van der Waals surface area contributed by atoms with Crippen LogP contribution in [0, 0.1) is 0 Å². The van der Waals surface area contributed by atoms with Gasteiger partial charge in [-0.25, -0.2) is 0 Å². The molecule has 1 atom stereocenters. The third kappa shape index (κ3) is 4.15. The number of methoxy groups -OCH3 is 1. The van der Waals surface area contributed by atoms with E-state index >= 15 is 0 Å². The number of nitrogens with two attached hydrogens (primary N) is 1. The predicted octanol–water partition coefficient (Wildman–Crippen LogP) is 1.63. The second-order valence-electron chi connectivity index (χ2n) is 6.18. The molecule has 24 heavy (non-hydrogen) atoms. The first-order valence-corrected chi connectivity index (χ1v) is 9.49. The molecule has 1 aromatic rings. The zero-order valence-electron chi connectivity index (χ0n) is 14.2. The Labute approximate surface area is 147 Å². The van der Waals surface area contributed by atoms with Crippen molar-refractivity contribution in [3.05, 3.63) is 24.3 Å². The lowest BCUT2D eigenvalue weighted by molar-refractivity contribution is -0.0104. The molecule has 0 amide bonds. The monoisotopic (exact) mass is 350 g/mol. The van der Waals surface area contributed by atoms with E-state index in [4.69, 9.17) is 15.2 Å². The Kier molecular flexibility index (Phi) is 5.86. The van der Waals surface area contributed by atoms with Crippen LogP contribution in [0.25, 0.3) is 0 Å². The normalized spacial score (nSPS) is 25.6. The number of nitrogens with zero attached hydrogens (tertiary/aromatic N) is 2. The summed E-state index contributed by atoms with van der Waals surface area (Å²) in [5, 5.41) is 3.16. The molecule has 2 aliphatic heterocycles. The SMILES string of the molecule is COc1cccc(NC(N)=NCC2(N3CCOCC3)CCSC2)c1. The van der Waals surface area contributed by atoms with E-state index in [1.165, 1.54) is 5.75 Å². The molecule has 0 bridgehead atoms. The highest BCUT2D eigenvalue weighted by Gasteiger charge is 2.40. The third-order valence-corrected chi connectivity index (χ3v) is 5.88. The highest BCUT2D eigenvalue weighted by Crippen LogP contribution is 2.34. The van der Waals surface area contributed by atoms with Gasteiger partial charge in [0.05, 0.1) is 32.4 Å². The van der Waals surface area contributed by atoms with E-state index in [0.717, 1.165) is 56.5 Å². The van der Waals surface area contributed by atoms with Crippen molar-refractivity contribution in [1.29, 1.82) is 0 Å². The maximum absolute atomic E-state index is 6.11. The van der Waals surface area contributed by atoms with Crippen molar-refractivity contribution in [1.82, 2.24) is 4.90 Å². The fourth-order valence-corrected chi connectivity index (χ4v) is 4.70. The number of ether oxygens (including phenoxy) is 2. The van der Waals surface area contributed by atoms with Gasteiger partial charge < -0.3 is 20.5 Å². The molecule has 2 saturated heterocycles. The van der Waals surface area contributed by atoms with Gasteiger partial charge in [-0.1, -0.05) is 6.07 Å². The summed E-state index contributed by atoms with van der Waals surface area (Å²) < 4.78 is 10.7. The van der Waals surface area contributed by atoms with Gasteiger partial charge in [-0.2, -0.15) is 11.8 Å². The van der Waals surface area contributed by atoms with Crippen LogP contribution >= 0.6 is 11.8 Å². The van der Waals surface area contributed by atoms with Crippen molar-refractivity contribution in [3.8, 4) is 5.75 Å². The molecule has 0 radical (unpaired) electrons. The minimum absolute atomic E-state index is 0.120. The second-order valence-corrected chi connectivity index (χ2v) is 7.29. The number of anilines is 1. The van der Waals surface area contributed by atoms with E-state index in [1.807, 2.05) is 36.0 Å². The van der Waals surface area contributed by atoms with Gasteiger partial charge in [0.1, 0.15) is 5.75 Å². The van der Waals surface area contributed by atoms with Gasteiger partial charge in [0, 0.05) is 30.6 Å². The van der Waals surface area contributed by atoms with E-state index in [0.29, 0.717) is 5.96 Å². The first-order chi connectivity index (χ1) is 11.7. The van der Waals surface area contributed by atoms with Crippen LogP contribution in [0.15, 0.2) is 29.3 Å². The topological polar surface area (TPSA) is 72.1 Å². The predicted molar refractivity (Wildman–Crippen MR) is 100 cm³/mol. The summed E-state index contributed by atoms with van der Waals surface area (Å²) >= 11 is 2.01. The van der Waals surface area contributed by atoms with Crippen LogP contribution in [-0.4, -0.2) is 67.9 Å². The molecule has 2 heterocycles. The molecule has 3 rings (SSSR count). The highest BCUT2D eigenvalue weighted by molar-refractivity contribution is 7.99. The van der Waals surface area contributed by atoms with E-state index in [-0.39, 0.29) is 5.54 Å². The Bertz CT molecular complexity index is 569. The van der Waals surface area contributed by atoms with Gasteiger partial charge in [0.2, 0.25) is 0 Å². The molecule has 7 heteroatoms. The van der Waals surface area contributed by atoms with Crippen molar-refractivity contribution in [2.24, 2.45) is 10.7 Å². The van der Waals surface area contributed by atoms with Crippen LogP contribution in [-0.2, 0) is 4.74 Å². The van der Waals surface area contributed by atoms with Crippen molar-refractivity contribution in [2.45, 2.75) is 12.0 Å². The number of rotatable bonds is 5. The Balaban J connectivity index is 1.65. The number of thioether (sulfide) groups is 1. The number of aliphatic imine (C=N–C) groups is 1. The minimum Gasteiger partial charge on any atom is -0.497 e. The Morgan fingerprint density at radius 2 is 2.29 bits per heavy atom. The van der Waals surface area contributed by atoms with Gasteiger partial charge in [-0.05, 0) is 24.3 Å². The lowest BCUT2D eigenvalue weighted by Gasteiger charge is -2.42. The van der Waals surface area contributed by atoms with Crippen molar-refractivity contribution in [2.75, 3.05) is 56.8 Å². The maximum atomic E-state index is 6.11. The van der Waals surface area contributed by atoms with Gasteiger partial charge >= 0.3 is 0 Å². The van der Waals surface area contributed by atoms with Crippen LogP contribution in [0.5, 0.6) is 5.75 Å². The van der Waals surface area contributed by atoms with Crippen molar-refractivity contribution in [3.63, 3.8) is 0 Å². The first kappa shape index (κ1) is 17.4. The summed E-state index contributed by atoms with van der Waals surface area (Å²) in [5.41, 5.74) is 7.12. The molecule has 0 aliphatic carbocycles. The maximum Gasteiger partial charge on any atom is 0.193 e. The summed E-state index contributed by atoms with van der Waals surface area (Å²) in [6, 6.07) is 7.69. The van der Waals surface area contributed by atoms with E-state index in [2.05, 4.69) is 15.2 Å². The summed E-state index contributed by atoms with van der Waals surface area (Å²) in [6.07, 6.45) is 1.16. The van der Waals surface area contributed by atoms with Crippen LogP contribution in [0.1, 0.15) is 6.42 Å². The molecule has 0 aromatic heterocycles. The highest BCUT2D eigenvalue weighted by atomic mass is 32.2. The van der Waals surface area contributed by atoms with Crippen LogP contribution in [0.3, 0.4) is 0 Å². The molecule has 2 fully saturated rings. The first-order valence-electron chi connectivity index (χ1n) is 8.33. The van der Waals surface area contributed by atoms with Crippen molar-refractivity contribution < 1.29 is 9.47 Å². The van der Waals surface area contributed by atoms with Gasteiger partial charge in [0.15, 0.2) is 5.96 Å². The van der Waals surface area contributed by atoms with Gasteiger partial charge in [0.25, 0.3) is 0 Å². The summed E-state index contributed by atoms with van der Waals surface area (Å²) in [7, 11) is 1.65. The summed E-state index contributed by atoms with van der Waals surface area (Å²) in [4.78, 5) is 7.19. The molecule has 1 aromatic carbocycles. The summed E-state index contributed by atoms with van der Waals surface area (Å²) in [5.74, 6) is 3.55. The molecule has 132 valence electrons. The number of hydrogen-bond acceptors (Lipinski definition) is 5. The third-order valence-electron chi connectivity index (χ3n) is 4.65. The number of guanidine groups is 1.